The molecule has 2 aromatic carbocycles. The molecule has 3 aromatic rings. The number of nitrogens with one attached hydrogen (secondary N) is 5. The fourth-order valence-corrected chi connectivity index (χ4v) is 10.2. The van der Waals surface area contributed by atoms with E-state index in [1.165, 1.54) is 18.1 Å². The lowest BCUT2D eigenvalue weighted by atomic mass is 9.87. The van der Waals surface area contributed by atoms with E-state index in [9.17, 15) is 38.7 Å². The number of thioether (sulfide) groups is 2. The minimum Gasteiger partial charge on any atom is -0.478 e. The number of ether oxygens (including phenoxy) is 3. The summed E-state index contributed by atoms with van der Waals surface area (Å²) in [5.74, 6) is -2.42. The number of aromatic amines is 1. The first-order valence-electron chi connectivity index (χ1n) is 24.4. The second-order valence-electron chi connectivity index (χ2n) is 18.2. The number of ketones is 1. The lowest BCUT2D eigenvalue weighted by Gasteiger charge is -2.39. The van der Waals surface area contributed by atoms with E-state index in [1.54, 1.807) is 43.6 Å². The quantitative estimate of drug-likeness (QED) is 0.0488. The molecule has 3 saturated heterocycles. The molecule has 3 fully saturated rings. The third-order valence-electron chi connectivity index (χ3n) is 12.8. The maximum absolute atomic E-state index is 13.5. The molecule has 0 spiro atoms. The number of aliphatic carboxylic acids is 1. The number of H-pyrrole nitrogens is 1. The highest BCUT2D eigenvalue weighted by molar-refractivity contribution is 7.98. The molecule has 18 nitrogen and oxygen atoms in total. The van der Waals surface area contributed by atoms with Crippen LogP contribution >= 0.6 is 23.5 Å². The third kappa shape index (κ3) is 16.1. The van der Waals surface area contributed by atoms with Crippen LogP contribution in [0.1, 0.15) is 94.9 Å². The largest absolute Gasteiger partial charge is 0.478 e. The summed E-state index contributed by atoms with van der Waals surface area (Å²) in [6, 6.07) is 17.1. The van der Waals surface area contributed by atoms with Crippen molar-refractivity contribution in [1.29, 1.82) is 0 Å². The number of imidazole rings is 1. The van der Waals surface area contributed by atoms with E-state index in [1.807, 2.05) is 73.2 Å². The lowest BCUT2D eigenvalue weighted by molar-refractivity contribution is -0.180. The van der Waals surface area contributed by atoms with Crippen LogP contribution in [-0.2, 0) is 60.6 Å². The Kier molecular flexibility index (Phi) is 22.4. The average Bonchev–Trinajstić information content (AvgIpc) is 4.22. The Morgan fingerprint density at radius 1 is 1.00 bits per heavy atom. The van der Waals surface area contributed by atoms with E-state index in [2.05, 4.69) is 31.2 Å². The number of rotatable bonds is 26. The molecule has 71 heavy (non-hydrogen) atoms. The molecule has 4 heterocycles. The molecular weight excluding hydrogens is 951 g/mol. The third-order valence-corrected chi connectivity index (χ3v) is 14.1. The van der Waals surface area contributed by atoms with Crippen LogP contribution in [0.4, 0.5) is 0 Å². The van der Waals surface area contributed by atoms with Crippen LogP contribution in [0.5, 0.6) is 0 Å². The summed E-state index contributed by atoms with van der Waals surface area (Å²) in [4.78, 5) is 98.1. The molecule has 6 rings (SSSR count). The van der Waals surface area contributed by atoms with E-state index in [0.29, 0.717) is 62.4 Å². The monoisotopic (exact) mass is 1020 g/mol. The van der Waals surface area contributed by atoms with Crippen molar-refractivity contribution in [3.63, 3.8) is 0 Å². The Morgan fingerprint density at radius 3 is 2.32 bits per heavy atom. The second kappa shape index (κ2) is 28.1. The van der Waals surface area contributed by atoms with Crippen LogP contribution < -0.4 is 21.3 Å². The van der Waals surface area contributed by atoms with Crippen molar-refractivity contribution >= 4 is 64.9 Å². The number of carbonyl (C=O) groups is 7. The summed E-state index contributed by atoms with van der Waals surface area (Å²) < 4.78 is 17.7. The molecule has 3 aliphatic heterocycles. The molecule has 0 saturated carbocycles. The molecule has 1 aromatic heterocycles. The molecule has 0 bridgehead atoms. The summed E-state index contributed by atoms with van der Waals surface area (Å²) in [6.07, 6.45) is 10.5. The van der Waals surface area contributed by atoms with Crippen molar-refractivity contribution in [3.05, 3.63) is 90.0 Å². The maximum Gasteiger partial charge on any atom is 0.358 e. The van der Waals surface area contributed by atoms with E-state index < -0.39 is 59.1 Å². The van der Waals surface area contributed by atoms with Gasteiger partial charge in [-0.25, -0.2) is 14.6 Å². The number of carboxylic acid groups (broad SMARTS) is 1. The number of amides is 4. The maximum atomic E-state index is 13.5. The minimum atomic E-state index is -1.96. The predicted molar refractivity (Wildman–Crippen MR) is 272 cm³/mol. The first kappa shape index (κ1) is 56.6. The standard InChI is InChI=1S/C27H39N3O6S.C24H32N4O5S/c1-18(2)36-26(34)21(12-15-37-3)30-25(33)22(16-19-8-5-4-6-9-19)35-17-27(13-7-14-28-27)24(32)20-10-11-23(31)29-20;1-3-21(29)27-24(23(31)32,20(15-34-2)17-8-5-4-6-9-17)33-14-19-10-7-11-28(19)22(30)12-18-13-25-16-26-18/h4-6,8-9,18,20-22,28H,7,10-17H2,1-3H3,(H,29,31)(H,30,33);4-6,8-9,13,16,19-20H,3,7,10-12,14-15H2,1-2H3,(H,25,26)(H,27,29)(H,31,32)/t20-,21-,22?,27-;19-,20?,24?/m00/s1. The van der Waals surface area contributed by atoms with Crippen LogP contribution in [0.3, 0.4) is 0 Å². The highest BCUT2D eigenvalue weighted by Crippen LogP contribution is 2.35. The molecule has 4 amide bonds. The molecule has 0 aliphatic carbocycles. The highest BCUT2D eigenvalue weighted by Gasteiger charge is 2.51. The number of esters is 1. The van der Waals surface area contributed by atoms with Gasteiger partial charge in [0, 0.05) is 37.8 Å². The van der Waals surface area contributed by atoms with Gasteiger partial charge < -0.3 is 50.5 Å². The molecule has 3 aliphatic rings. The fourth-order valence-electron chi connectivity index (χ4n) is 9.01. The molecule has 3 unspecified atom stereocenters. The lowest BCUT2D eigenvalue weighted by Crippen LogP contribution is -2.62. The van der Waals surface area contributed by atoms with Gasteiger partial charge in [-0.1, -0.05) is 67.6 Å². The van der Waals surface area contributed by atoms with Crippen molar-refractivity contribution in [2.75, 3.05) is 50.3 Å². The van der Waals surface area contributed by atoms with Crippen LogP contribution in [0.25, 0.3) is 0 Å². The van der Waals surface area contributed by atoms with Gasteiger partial charge in [-0.05, 0) is 88.3 Å². The number of benzene rings is 2. The van der Waals surface area contributed by atoms with Crippen molar-refractivity contribution in [2.24, 2.45) is 0 Å². The first-order chi connectivity index (χ1) is 34.1. The van der Waals surface area contributed by atoms with Gasteiger partial charge in [0.1, 0.15) is 17.7 Å². The SMILES string of the molecule is CCC(=O)NC(OC[C@@H]1CCCN1C(=O)Cc1c[nH]cn1)(C(=O)O)C(CSC)c1ccccc1.CSCC[C@H](NC(=O)C(Cc1ccccc1)OC[C@]1(C(=O)[C@@H]2CCC(=O)N2)CCCN1)C(=O)OC(C)C. The Hall–Kier alpha value is -5.28. The predicted octanol–water partition coefficient (Wildman–Crippen LogP) is 4.19. The van der Waals surface area contributed by atoms with Gasteiger partial charge in [0.15, 0.2) is 5.78 Å². The summed E-state index contributed by atoms with van der Waals surface area (Å²) in [6.45, 7) is 6.43. The zero-order chi connectivity index (χ0) is 51.4. The Labute approximate surface area is 425 Å². The van der Waals surface area contributed by atoms with E-state index in [-0.39, 0.29) is 62.2 Å². The van der Waals surface area contributed by atoms with Crippen LogP contribution in [0, 0.1) is 0 Å². The van der Waals surface area contributed by atoms with Gasteiger partial charge in [0.2, 0.25) is 29.4 Å². The van der Waals surface area contributed by atoms with Crippen LogP contribution in [0.15, 0.2) is 73.2 Å². The summed E-state index contributed by atoms with van der Waals surface area (Å²) in [7, 11) is 0. The van der Waals surface area contributed by atoms with Gasteiger partial charge in [-0.15, -0.1) is 0 Å². The Balaban J connectivity index is 0.000000265. The molecule has 6 N–H and O–H groups in total. The van der Waals surface area contributed by atoms with Gasteiger partial charge in [0.25, 0.3) is 0 Å². The van der Waals surface area contributed by atoms with Crippen molar-refractivity contribution in [2.45, 2.75) is 132 Å². The molecule has 7 atom stereocenters. The molecule has 20 heteroatoms. The summed E-state index contributed by atoms with van der Waals surface area (Å²) in [5.41, 5.74) is -0.622. The number of hydrogen-bond donors (Lipinski definition) is 6. The smallest absolute Gasteiger partial charge is 0.358 e. The number of carbonyl (C=O) groups excluding carboxylic acids is 6. The van der Waals surface area contributed by atoms with Gasteiger partial charge in [-0.2, -0.15) is 23.5 Å². The zero-order valence-corrected chi connectivity index (χ0v) is 43.1. The molecule has 0 radical (unpaired) electrons. The van der Waals surface area contributed by atoms with Crippen molar-refractivity contribution in [1.82, 2.24) is 36.1 Å². The summed E-state index contributed by atoms with van der Waals surface area (Å²) >= 11 is 3.06. The topological polar surface area (TPSA) is 247 Å². The summed E-state index contributed by atoms with van der Waals surface area (Å²) in [5, 5.41) is 22.0. The number of aromatic nitrogens is 2. The van der Waals surface area contributed by atoms with Crippen LogP contribution in [-0.4, -0.2) is 153 Å². The fraction of sp³-hybridized carbons (Fsp3) is 0.569. The van der Waals surface area contributed by atoms with E-state index >= 15 is 0 Å². The zero-order valence-electron chi connectivity index (χ0n) is 41.4. The van der Waals surface area contributed by atoms with Crippen LogP contribution in [0.2, 0.25) is 0 Å². The van der Waals surface area contributed by atoms with Gasteiger partial charge >= 0.3 is 11.9 Å². The van der Waals surface area contributed by atoms with E-state index in [4.69, 9.17) is 14.2 Å². The number of Topliss-reactive ketones (excluding diaryl/α,β-unsaturated/α-hetero) is 1. The number of carboxylic acids is 1. The molecule has 388 valence electrons. The Bertz CT molecular complexity index is 2200. The number of likely N-dealkylation sites (tertiary alicyclic amines) is 1. The van der Waals surface area contributed by atoms with E-state index in [0.717, 1.165) is 24.0 Å². The highest BCUT2D eigenvalue weighted by atomic mass is 32.2. The number of hydrogen-bond acceptors (Lipinski definition) is 14. The van der Waals surface area contributed by atoms with Gasteiger partial charge in [0.05, 0.1) is 55.8 Å². The average molecular weight is 1020 g/mol. The Morgan fingerprint density at radius 2 is 1.73 bits per heavy atom. The second-order valence-corrected chi connectivity index (χ2v) is 20.1. The molecular formula is C51H71N7O11S2. The van der Waals surface area contributed by atoms with Gasteiger partial charge in [-0.3, -0.25) is 24.0 Å². The van der Waals surface area contributed by atoms with Crippen molar-refractivity contribution in [3.8, 4) is 0 Å². The van der Waals surface area contributed by atoms with Crippen molar-refractivity contribution < 1.29 is 52.9 Å². The number of nitrogens with zero attached hydrogens (tertiary/aromatic N) is 2. The minimum absolute atomic E-state index is 0.000312. The first-order valence-corrected chi connectivity index (χ1v) is 27.2. The normalized spacial score (nSPS) is 20.7.